The molecule has 2 aromatic heterocycles. The van der Waals surface area contributed by atoms with Gasteiger partial charge in [-0.3, -0.25) is 0 Å². The van der Waals surface area contributed by atoms with Crippen LogP contribution in [0, 0.1) is 0 Å². The molecule has 13 heavy (non-hydrogen) atoms. The number of thiocarbonyl (C=S) groups is 1. The third kappa shape index (κ3) is 1.57. The summed E-state index contributed by atoms with van der Waals surface area (Å²) >= 11 is 8.19. The van der Waals surface area contributed by atoms with E-state index in [1.165, 1.54) is 0 Å². The molecule has 0 unspecified atom stereocenters. The smallest absolute Gasteiger partial charge is 0.138 e. The third-order valence-electron chi connectivity index (χ3n) is 1.67. The fourth-order valence-corrected chi connectivity index (χ4v) is 1.50. The van der Waals surface area contributed by atoms with Crippen molar-refractivity contribution in [1.29, 1.82) is 0 Å². The van der Waals surface area contributed by atoms with E-state index >= 15 is 0 Å². The number of imidazole rings is 1. The van der Waals surface area contributed by atoms with Gasteiger partial charge in [-0.15, -0.1) is 0 Å². The Morgan fingerprint density at radius 3 is 3.08 bits per heavy atom. The van der Waals surface area contributed by atoms with E-state index in [9.17, 15) is 0 Å². The van der Waals surface area contributed by atoms with Gasteiger partial charge in [-0.2, -0.15) is 0 Å². The Bertz CT molecular complexity index is 477. The van der Waals surface area contributed by atoms with Gasteiger partial charge in [-0.1, -0.05) is 28.1 Å². The van der Waals surface area contributed by atoms with E-state index in [0.29, 0.717) is 10.7 Å². The highest BCUT2D eigenvalue weighted by Crippen LogP contribution is 2.12. The second kappa shape index (κ2) is 3.08. The highest BCUT2D eigenvalue weighted by atomic mass is 79.9. The lowest BCUT2D eigenvalue weighted by atomic mass is 10.5. The number of fused-ring (bicyclic) bond motifs is 1. The van der Waals surface area contributed by atoms with Crippen LogP contribution >= 0.6 is 28.1 Å². The maximum atomic E-state index is 5.46. The van der Waals surface area contributed by atoms with E-state index in [2.05, 4.69) is 20.9 Å². The van der Waals surface area contributed by atoms with Crippen LogP contribution in [0.25, 0.3) is 5.65 Å². The summed E-state index contributed by atoms with van der Waals surface area (Å²) in [4.78, 5) is 4.56. The molecular formula is C8H6BrN3S. The lowest BCUT2D eigenvalue weighted by Crippen LogP contribution is -2.09. The summed E-state index contributed by atoms with van der Waals surface area (Å²) in [6, 6.07) is 3.83. The van der Waals surface area contributed by atoms with E-state index in [1.54, 1.807) is 0 Å². The van der Waals surface area contributed by atoms with E-state index < -0.39 is 0 Å². The predicted octanol–water partition coefficient (Wildman–Crippen LogP) is 1.73. The van der Waals surface area contributed by atoms with E-state index in [4.69, 9.17) is 18.0 Å². The van der Waals surface area contributed by atoms with Crippen molar-refractivity contribution in [2.75, 3.05) is 0 Å². The molecule has 0 aliphatic heterocycles. The summed E-state index contributed by atoms with van der Waals surface area (Å²) in [6.45, 7) is 0. The average Bonchev–Trinajstić information content (AvgIpc) is 2.46. The molecular weight excluding hydrogens is 250 g/mol. The Labute approximate surface area is 88.7 Å². The minimum absolute atomic E-state index is 0.319. The van der Waals surface area contributed by atoms with Crippen molar-refractivity contribution in [2.24, 2.45) is 5.73 Å². The first-order valence-electron chi connectivity index (χ1n) is 3.61. The normalized spacial score (nSPS) is 10.5. The van der Waals surface area contributed by atoms with Crippen LogP contribution in [-0.2, 0) is 0 Å². The summed E-state index contributed by atoms with van der Waals surface area (Å²) in [5, 5.41) is 0. The Morgan fingerprint density at radius 2 is 2.38 bits per heavy atom. The van der Waals surface area contributed by atoms with E-state index in [-0.39, 0.29) is 0 Å². The second-order valence-corrected chi connectivity index (χ2v) is 3.96. The minimum Gasteiger partial charge on any atom is -0.388 e. The first-order chi connectivity index (χ1) is 6.16. The van der Waals surface area contributed by atoms with Crippen molar-refractivity contribution in [3.63, 3.8) is 0 Å². The first kappa shape index (κ1) is 8.65. The summed E-state index contributed by atoms with van der Waals surface area (Å²) < 4.78 is 2.86. The average molecular weight is 256 g/mol. The van der Waals surface area contributed by atoms with Gasteiger partial charge in [0.1, 0.15) is 16.3 Å². The Hall–Kier alpha value is -0.940. The van der Waals surface area contributed by atoms with Crippen LogP contribution in [-0.4, -0.2) is 14.4 Å². The maximum absolute atomic E-state index is 5.46. The van der Waals surface area contributed by atoms with Crippen molar-refractivity contribution in [3.8, 4) is 0 Å². The van der Waals surface area contributed by atoms with Crippen LogP contribution in [0.1, 0.15) is 5.69 Å². The van der Waals surface area contributed by atoms with Gasteiger partial charge in [-0.25, -0.2) is 4.98 Å². The highest BCUT2D eigenvalue weighted by Gasteiger charge is 2.03. The number of nitrogens with two attached hydrogens (primary N) is 1. The van der Waals surface area contributed by atoms with Gasteiger partial charge < -0.3 is 10.1 Å². The quantitative estimate of drug-likeness (QED) is 0.790. The van der Waals surface area contributed by atoms with Gasteiger partial charge in [0.15, 0.2) is 0 Å². The lowest BCUT2D eigenvalue weighted by Gasteiger charge is -1.91. The number of halogens is 1. The highest BCUT2D eigenvalue weighted by molar-refractivity contribution is 9.10. The topological polar surface area (TPSA) is 43.3 Å². The zero-order valence-corrected chi connectivity index (χ0v) is 8.97. The van der Waals surface area contributed by atoms with Gasteiger partial charge in [0, 0.05) is 16.9 Å². The van der Waals surface area contributed by atoms with Crippen molar-refractivity contribution < 1.29 is 0 Å². The van der Waals surface area contributed by atoms with Crippen LogP contribution in [0.5, 0.6) is 0 Å². The summed E-state index contributed by atoms with van der Waals surface area (Å²) in [5.74, 6) is 0. The zero-order valence-electron chi connectivity index (χ0n) is 6.57. The van der Waals surface area contributed by atoms with Crippen LogP contribution < -0.4 is 5.73 Å². The zero-order chi connectivity index (χ0) is 9.42. The molecule has 0 spiro atoms. The van der Waals surface area contributed by atoms with Gasteiger partial charge in [0.05, 0.1) is 0 Å². The molecule has 0 amide bonds. The predicted molar refractivity (Wildman–Crippen MR) is 58.8 cm³/mol. The van der Waals surface area contributed by atoms with Gasteiger partial charge >= 0.3 is 0 Å². The molecule has 0 saturated heterocycles. The molecule has 0 saturated carbocycles. The van der Waals surface area contributed by atoms with Crippen LogP contribution in [0.3, 0.4) is 0 Å². The Balaban J connectivity index is 2.68. The van der Waals surface area contributed by atoms with Crippen LogP contribution in [0.15, 0.2) is 29.0 Å². The number of rotatable bonds is 1. The fraction of sp³-hybridized carbons (Fsp3) is 0. The molecule has 0 bridgehead atoms. The molecule has 0 aliphatic rings. The van der Waals surface area contributed by atoms with E-state index in [1.807, 2.05) is 28.9 Å². The minimum atomic E-state index is 0.319. The van der Waals surface area contributed by atoms with Crippen molar-refractivity contribution in [2.45, 2.75) is 0 Å². The maximum Gasteiger partial charge on any atom is 0.138 e. The number of nitrogens with zero attached hydrogens (tertiary/aromatic N) is 2. The van der Waals surface area contributed by atoms with Crippen molar-refractivity contribution >= 4 is 38.8 Å². The second-order valence-electron chi connectivity index (χ2n) is 2.60. The molecule has 0 aliphatic carbocycles. The molecule has 3 nitrogen and oxygen atoms in total. The van der Waals surface area contributed by atoms with Gasteiger partial charge in [-0.05, 0) is 12.1 Å². The van der Waals surface area contributed by atoms with Gasteiger partial charge in [0.2, 0.25) is 0 Å². The SMILES string of the molecule is NC(=S)c1cn2ccc(Br)cc2n1. The molecule has 0 aromatic carbocycles. The third-order valence-corrected chi connectivity index (χ3v) is 2.38. The number of hydrogen-bond donors (Lipinski definition) is 1. The fourth-order valence-electron chi connectivity index (χ4n) is 1.08. The first-order valence-corrected chi connectivity index (χ1v) is 4.81. The molecule has 2 heterocycles. The molecule has 66 valence electrons. The van der Waals surface area contributed by atoms with Crippen LogP contribution in [0.4, 0.5) is 0 Å². The molecule has 0 fully saturated rings. The molecule has 0 atom stereocenters. The van der Waals surface area contributed by atoms with Gasteiger partial charge in [0.25, 0.3) is 0 Å². The molecule has 0 radical (unpaired) electrons. The number of hydrogen-bond acceptors (Lipinski definition) is 2. The number of pyridine rings is 1. The molecule has 5 heteroatoms. The summed E-state index contributed by atoms with van der Waals surface area (Å²) in [7, 11) is 0. The Morgan fingerprint density at radius 1 is 1.62 bits per heavy atom. The molecule has 2 N–H and O–H groups in total. The van der Waals surface area contributed by atoms with Crippen LogP contribution in [0.2, 0.25) is 0 Å². The van der Waals surface area contributed by atoms with E-state index in [0.717, 1.165) is 10.1 Å². The standard InChI is InChI=1S/C8H6BrN3S/c9-5-1-2-12-4-6(8(10)13)11-7(12)3-5/h1-4H,(H2,10,13). The molecule has 2 rings (SSSR count). The number of aromatic nitrogens is 2. The summed E-state index contributed by atoms with van der Waals surface area (Å²) in [5.41, 5.74) is 6.94. The van der Waals surface area contributed by atoms with Crippen molar-refractivity contribution in [3.05, 3.63) is 34.7 Å². The largest absolute Gasteiger partial charge is 0.388 e. The lowest BCUT2D eigenvalue weighted by molar-refractivity contribution is 1.18. The van der Waals surface area contributed by atoms with Crippen molar-refractivity contribution in [1.82, 2.24) is 9.38 Å². The Kier molecular flexibility index (Phi) is 2.05. The summed E-state index contributed by atoms with van der Waals surface area (Å²) in [6.07, 6.45) is 3.71. The molecule has 2 aromatic rings. The monoisotopic (exact) mass is 255 g/mol.